The molecule has 2 aliphatic rings. The molecule has 0 unspecified atom stereocenters. The molecule has 1 aromatic carbocycles. The van der Waals surface area contributed by atoms with Crippen LogP contribution in [0.25, 0.3) is 10.9 Å². The molecule has 4 rings (SSSR count). The fourth-order valence-electron chi connectivity index (χ4n) is 6.07. The number of nitrogens with zero attached hydrogens (tertiary/aromatic N) is 3. The summed E-state index contributed by atoms with van der Waals surface area (Å²) in [6, 6.07) is 7.37. The standard InChI is InChI=1S/C25H40N4OSi/c1-7-15-28-16-11-13-18-19-12-10-14-21-23(19)20(17-22(18)28)24(31(4,5)6)29(21)26-25(30)27(8-2)9-3/h10,12,14,18,22H,7-9,11,13,15-17H2,1-6H3,(H,26,30)/t18-,22-/m1/s1. The highest BCUT2D eigenvalue weighted by atomic mass is 28.3. The minimum Gasteiger partial charge on any atom is -0.324 e. The molecular formula is C25H40N4OSi. The number of benzene rings is 1. The van der Waals surface area contributed by atoms with Gasteiger partial charge in [0.05, 0.1) is 5.52 Å². The maximum Gasteiger partial charge on any atom is 0.336 e. The highest BCUT2D eigenvalue weighted by Gasteiger charge is 2.41. The monoisotopic (exact) mass is 440 g/mol. The quantitative estimate of drug-likeness (QED) is 0.661. The molecule has 0 bridgehead atoms. The van der Waals surface area contributed by atoms with E-state index in [-0.39, 0.29) is 6.03 Å². The van der Waals surface area contributed by atoms with Crippen molar-refractivity contribution in [1.29, 1.82) is 0 Å². The third-order valence-electron chi connectivity index (χ3n) is 7.31. The van der Waals surface area contributed by atoms with Gasteiger partial charge in [-0.15, -0.1) is 0 Å². The van der Waals surface area contributed by atoms with Crippen molar-refractivity contribution in [2.45, 2.75) is 78.1 Å². The summed E-state index contributed by atoms with van der Waals surface area (Å²) in [7, 11) is -1.72. The maximum atomic E-state index is 13.1. The molecule has 1 aliphatic carbocycles. The van der Waals surface area contributed by atoms with Crippen LogP contribution in [0.5, 0.6) is 0 Å². The van der Waals surface area contributed by atoms with E-state index < -0.39 is 8.07 Å². The number of hydrogen-bond donors (Lipinski definition) is 1. The van der Waals surface area contributed by atoms with Gasteiger partial charge in [-0.1, -0.05) is 38.7 Å². The summed E-state index contributed by atoms with van der Waals surface area (Å²) in [4.78, 5) is 17.7. The molecular weight excluding hydrogens is 400 g/mol. The first-order valence-corrected chi connectivity index (χ1v) is 15.8. The first-order valence-electron chi connectivity index (χ1n) is 12.3. The lowest BCUT2D eigenvalue weighted by molar-refractivity contribution is 0.124. The topological polar surface area (TPSA) is 40.5 Å². The van der Waals surface area contributed by atoms with Gasteiger partial charge in [0.2, 0.25) is 0 Å². The molecule has 0 spiro atoms. The predicted octanol–water partition coefficient (Wildman–Crippen LogP) is 4.71. The number of nitrogens with one attached hydrogen (secondary N) is 1. The number of amides is 2. The lowest BCUT2D eigenvalue weighted by Crippen LogP contribution is -2.52. The summed E-state index contributed by atoms with van der Waals surface area (Å²) in [5.41, 5.74) is 7.53. The van der Waals surface area contributed by atoms with Gasteiger partial charge in [0.15, 0.2) is 0 Å². The number of rotatable bonds is 6. The molecule has 2 aromatic rings. The van der Waals surface area contributed by atoms with Gasteiger partial charge in [0.25, 0.3) is 0 Å². The van der Waals surface area contributed by atoms with Gasteiger partial charge >= 0.3 is 6.03 Å². The average Bonchev–Trinajstić information content (AvgIpc) is 3.04. The molecule has 0 radical (unpaired) electrons. The summed E-state index contributed by atoms with van der Waals surface area (Å²) in [5, 5.41) is 2.83. The third-order valence-corrected chi connectivity index (χ3v) is 9.26. The summed E-state index contributed by atoms with van der Waals surface area (Å²) < 4.78 is 2.18. The van der Waals surface area contributed by atoms with Crippen molar-refractivity contribution in [3.63, 3.8) is 0 Å². The SMILES string of the molecule is CCCN1CCC[C@@H]2c3cccc4c3c(c([Si](C)(C)C)n4NC(=O)N(CC)CC)C[C@H]21. The van der Waals surface area contributed by atoms with Gasteiger partial charge in [-0.05, 0) is 69.8 Å². The van der Waals surface area contributed by atoms with E-state index in [1.165, 1.54) is 59.7 Å². The zero-order valence-electron chi connectivity index (χ0n) is 20.3. The molecule has 1 aromatic heterocycles. The van der Waals surface area contributed by atoms with Crippen molar-refractivity contribution in [3.05, 3.63) is 29.3 Å². The molecule has 2 heterocycles. The van der Waals surface area contributed by atoms with Gasteiger partial charge in [-0.25, -0.2) is 10.2 Å². The Morgan fingerprint density at radius 2 is 1.94 bits per heavy atom. The van der Waals surface area contributed by atoms with Gasteiger partial charge < -0.3 is 4.90 Å². The first kappa shape index (κ1) is 22.4. The van der Waals surface area contributed by atoms with Crippen LogP contribution in [-0.4, -0.2) is 60.8 Å². The molecule has 5 nitrogen and oxygen atoms in total. The van der Waals surface area contributed by atoms with E-state index in [9.17, 15) is 4.79 Å². The molecule has 170 valence electrons. The number of likely N-dealkylation sites (tertiary alicyclic amines) is 1. The number of carbonyl (C=O) groups excluding carboxylic acids is 1. The van der Waals surface area contributed by atoms with Crippen LogP contribution < -0.4 is 10.7 Å². The third kappa shape index (κ3) is 3.82. The van der Waals surface area contributed by atoms with Crippen molar-refractivity contribution in [2.75, 3.05) is 31.6 Å². The fourth-order valence-corrected chi connectivity index (χ4v) is 8.05. The molecule has 0 saturated carbocycles. The van der Waals surface area contributed by atoms with Crippen LogP contribution in [0.2, 0.25) is 19.6 Å². The summed E-state index contributed by atoms with van der Waals surface area (Å²) >= 11 is 0. The van der Waals surface area contributed by atoms with Crippen LogP contribution in [-0.2, 0) is 6.42 Å². The van der Waals surface area contributed by atoms with Crippen LogP contribution in [0, 0.1) is 0 Å². The predicted molar refractivity (Wildman–Crippen MR) is 134 cm³/mol. The minimum atomic E-state index is -1.72. The lowest BCUT2D eigenvalue weighted by atomic mass is 9.75. The van der Waals surface area contributed by atoms with Crippen molar-refractivity contribution >= 4 is 30.3 Å². The normalized spacial score (nSPS) is 21.2. The lowest BCUT2D eigenvalue weighted by Gasteiger charge is -2.44. The highest BCUT2D eigenvalue weighted by Crippen LogP contribution is 2.44. The maximum absolute atomic E-state index is 13.1. The second-order valence-electron chi connectivity index (χ2n) is 10.3. The number of urea groups is 1. The molecule has 2 amide bonds. The number of hydrogen-bond acceptors (Lipinski definition) is 2. The molecule has 1 fully saturated rings. The average molecular weight is 441 g/mol. The van der Waals surface area contributed by atoms with E-state index in [2.05, 4.69) is 59.8 Å². The summed E-state index contributed by atoms with van der Waals surface area (Å²) in [6.07, 6.45) is 4.89. The van der Waals surface area contributed by atoms with Crippen LogP contribution in [0.4, 0.5) is 4.79 Å². The molecule has 2 atom stereocenters. The Hall–Kier alpha value is -1.79. The van der Waals surface area contributed by atoms with Crippen LogP contribution in [0.1, 0.15) is 57.1 Å². The second-order valence-corrected chi connectivity index (χ2v) is 15.3. The summed E-state index contributed by atoms with van der Waals surface area (Å²) in [5.74, 6) is 0.611. The van der Waals surface area contributed by atoms with Gasteiger partial charge in [-0.3, -0.25) is 9.58 Å². The Morgan fingerprint density at radius 1 is 1.19 bits per heavy atom. The largest absolute Gasteiger partial charge is 0.336 e. The van der Waals surface area contributed by atoms with Gasteiger partial charge in [0, 0.05) is 35.8 Å². The van der Waals surface area contributed by atoms with Crippen molar-refractivity contribution < 1.29 is 4.79 Å². The van der Waals surface area contributed by atoms with Crippen molar-refractivity contribution in [1.82, 2.24) is 14.5 Å². The number of carbonyl (C=O) groups is 1. The molecule has 1 aliphatic heterocycles. The zero-order valence-corrected chi connectivity index (χ0v) is 21.3. The van der Waals surface area contributed by atoms with Gasteiger partial charge in [-0.2, -0.15) is 0 Å². The minimum absolute atomic E-state index is 0.00243. The molecule has 6 heteroatoms. The Kier molecular flexibility index (Phi) is 6.23. The smallest absolute Gasteiger partial charge is 0.324 e. The van der Waals surface area contributed by atoms with Gasteiger partial charge in [0.1, 0.15) is 8.07 Å². The zero-order chi connectivity index (χ0) is 22.3. The highest BCUT2D eigenvalue weighted by molar-refractivity contribution is 6.88. The number of aromatic nitrogens is 1. The molecule has 1 N–H and O–H groups in total. The van der Waals surface area contributed by atoms with E-state index in [0.717, 1.165) is 19.5 Å². The fraction of sp³-hybridized carbons (Fsp3) is 0.640. The van der Waals surface area contributed by atoms with E-state index in [4.69, 9.17) is 0 Å². The van der Waals surface area contributed by atoms with Crippen molar-refractivity contribution in [2.24, 2.45) is 0 Å². The van der Waals surface area contributed by atoms with E-state index in [1.54, 1.807) is 0 Å². The van der Waals surface area contributed by atoms with Crippen LogP contribution >= 0.6 is 0 Å². The number of piperidine rings is 1. The number of fused-ring (bicyclic) bond motifs is 2. The van der Waals surface area contributed by atoms with Crippen LogP contribution in [0.15, 0.2) is 18.2 Å². The second kappa shape index (κ2) is 8.62. The Morgan fingerprint density at radius 3 is 2.58 bits per heavy atom. The molecule has 31 heavy (non-hydrogen) atoms. The Bertz CT molecular complexity index is 955. The summed E-state index contributed by atoms with van der Waals surface area (Å²) in [6.45, 7) is 17.5. The van der Waals surface area contributed by atoms with Crippen LogP contribution in [0.3, 0.4) is 0 Å². The molecule has 1 saturated heterocycles. The van der Waals surface area contributed by atoms with E-state index in [0.29, 0.717) is 12.0 Å². The Balaban J connectivity index is 1.89. The van der Waals surface area contributed by atoms with E-state index in [1.807, 2.05) is 18.7 Å². The Labute approximate surface area is 188 Å². The van der Waals surface area contributed by atoms with Crippen molar-refractivity contribution in [3.8, 4) is 0 Å². The first-order chi connectivity index (χ1) is 14.8. The van der Waals surface area contributed by atoms with E-state index >= 15 is 0 Å².